The summed E-state index contributed by atoms with van der Waals surface area (Å²) in [5, 5.41) is 6.81. The van der Waals surface area contributed by atoms with Crippen LogP contribution in [0.1, 0.15) is 97.5 Å². The van der Waals surface area contributed by atoms with Crippen molar-refractivity contribution in [1.29, 1.82) is 0 Å². The predicted octanol–water partition coefficient (Wildman–Crippen LogP) is 8.13. The van der Waals surface area contributed by atoms with Gasteiger partial charge in [-0.25, -0.2) is 0 Å². The maximum atomic E-state index is 4.50. The van der Waals surface area contributed by atoms with Crippen molar-refractivity contribution in [2.45, 2.75) is 104 Å². The second-order valence-electron chi connectivity index (χ2n) is 7.86. The Labute approximate surface area is 202 Å². The molecule has 0 aliphatic heterocycles. The molecule has 3 nitrogen and oxygen atoms in total. The number of rotatable bonds is 9. The summed E-state index contributed by atoms with van der Waals surface area (Å²) in [4.78, 5) is 0. The molecule has 1 aliphatic rings. The first-order valence-corrected chi connectivity index (χ1v) is 12.9. The molecule has 0 radical (unpaired) electrons. The summed E-state index contributed by atoms with van der Waals surface area (Å²) < 4.78 is 0. The Balaban J connectivity index is -0.000000401. The van der Waals surface area contributed by atoms with E-state index in [0.29, 0.717) is 0 Å². The van der Waals surface area contributed by atoms with Crippen molar-refractivity contribution >= 4 is 5.69 Å². The number of benzene rings is 1. The molecule has 4 N–H and O–H groups in total. The topological polar surface area (TPSA) is 50.1 Å². The van der Waals surface area contributed by atoms with E-state index in [1.165, 1.54) is 94.6 Å². The van der Waals surface area contributed by atoms with Crippen LogP contribution < -0.4 is 16.4 Å². The molecule has 1 atom stereocenters. The molecule has 0 amide bonds. The SMILES string of the molecule is C=C.C=C1CCCC(NCCCCC)C1.CCCC.CCCc1ccccc1NC.CN. The van der Waals surface area contributed by atoms with Gasteiger partial charge in [0, 0.05) is 18.8 Å². The van der Waals surface area contributed by atoms with Gasteiger partial charge in [0.2, 0.25) is 0 Å². The smallest absolute Gasteiger partial charge is 0.0370 e. The fourth-order valence-electron chi connectivity index (χ4n) is 3.26. The number of anilines is 1. The highest BCUT2D eigenvalue weighted by molar-refractivity contribution is 5.50. The van der Waals surface area contributed by atoms with Gasteiger partial charge in [-0.3, -0.25) is 0 Å². The summed E-state index contributed by atoms with van der Waals surface area (Å²) in [6.45, 7) is 20.1. The Morgan fingerprint density at radius 3 is 2.06 bits per heavy atom. The maximum absolute atomic E-state index is 4.50. The van der Waals surface area contributed by atoms with Crippen molar-refractivity contribution in [3.8, 4) is 0 Å². The summed E-state index contributed by atoms with van der Waals surface area (Å²) in [7, 11) is 3.47. The van der Waals surface area contributed by atoms with Crippen molar-refractivity contribution in [2.24, 2.45) is 5.73 Å². The highest BCUT2D eigenvalue weighted by Crippen LogP contribution is 2.21. The first kappa shape index (κ1) is 35.0. The third-order valence-electron chi connectivity index (χ3n) is 5.14. The van der Waals surface area contributed by atoms with Crippen LogP contribution in [0, 0.1) is 0 Å². The van der Waals surface area contributed by atoms with Gasteiger partial charge in [-0.2, -0.15) is 0 Å². The highest BCUT2D eigenvalue weighted by atomic mass is 14.9. The first-order valence-electron chi connectivity index (χ1n) is 12.9. The first-order chi connectivity index (χ1) is 15.6. The van der Waals surface area contributed by atoms with Gasteiger partial charge in [0.25, 0.3) is 0 Å². The van der Waals surface area contributed by atoms with Crippen LogP contribution in [-0.4, -0.2) is 26.7 Å². The number of nitrogens with one attached hydrogen (secondary N) is 2. The molecule has 2 rings (SSSR count). The van der Waals surface area contributed by atoms with Gasteiger partial charge in [0.15, 0.2) is 0 Å². The average molecular weight is 448 g/mol. The van der Waals surface area contributed by atoms with E-state index in [9.17, 15) is 0 Å². The Bertz CT molecular complexity index is 497. The summed E-state index contributed by atoms with van der Waals surface area (Å²) in [6, 6.07) is 9.18. The molecule has 0 spiro atoms. The number of para-hydroxylation sites is 1. The van der Waals surface area contributed by atoms with Gasteiger partial charge in [0.05, 0.1) is 0 Å². The third-order valence-corrected chi connectivity index (χ3v) is 5.14. The second-order valence-corrected chi connectivity index (χ2v) is 7.86. The van der Waals surface area contributed by atoms with Gasteiger partial charge in [-0.1, -0.05) is 90.2 Å². The number of hydrogen-bond acceptors (Lipinski definition) is 3. The van der Waals surface area contributed by atoms with Crippen LogP contribution in [0.25, 0.3) is 0 Å². The number of aryl methyl sites for hydroxylation is 1. The summed E-state index contributed by atoms with van der Waals surface area (Å²) >= 11 is 0. The quantitative estimate of drug-likeness (QED) is 0.264. The van der Waals surface area contributed by atoms with Crippen molar-refractivity contribution < 1.29 is 0 Å². The molecule has 1 unspecified atom stereocenters. The molecule has 0 saturated heterocycles. The molecule has 1 aromatic carbocycles. The van der Waals surface area contributed by atoms with Gasteiger partial charge in [-0.05, 0) is 63.7 Å². The van der Waals surface area contributed by atoms with Crippen LogP contribution in [0.15, 0.2) is 49.6 Å². The number of unbranched alkanes of at least 4 members (excludes halogenated alkanes) is 3. The van der Waals surface area contributed by atoms with Crippen LogP contribution in [0.3, 0.4) is 0 Å². The molecule has 1 aliphatic carbocycles. The van der Waals surface area contributed by atoms with Gasteiger partial charge < -0.3 is 16.4 Å². The molecular formula is C29H57N3. The van der Waals surface area contributed by atoms with Crippen molar-refractivity contribution in [3.05, 3.63) is 55.1 Å². The average Bonchev–Trinajstić information content (AvgIpc) is 2.85. The minimum atomic E-state index is 0.734. The zero-order chi connectivity index (χ0) is 25.0. The fraction of sp³-hybridized carbons (Fsp3) is 0.655. The molecule has 1 aromatic rings. The maximum Gasteiger partial charge on any atom is 0.0370 e. The van der Waals surface area contributed by atoms with Crippen molar-refractivity contribution in [2.75, 3.05) is 26.0 Å². The summed E-state index contributed by atoms with van der Waals surface area (Å²) in [6.07, 6.45) is 14.2. The van der Waals surface area contributed by atoms with E-state index >= 15 is 0 Å². The fourth-order valence-corrected chi connectivity index (χ4v) is 3.26. The van der Waals surface area contributed by atoms with Crippen LogP contribution in [0.2, 0.25) is 0 Å². The van der Waals surface area contributed by atoms with E-state index in [4.69, 9.17) is 0 Å². The lowest BCUT2D eigenvalue weighted by molar-refractivity contribution is 0.421. The molecule has 0 aromatic heterocycles. The van der Waals surface area contributed by atoms with Gasteiger partial charge in [-0.15, -0.1) is 13.2 Å². The summed E-state index contributed by atoms with van der Waals surface area (Å²) in [5.41, 5.74) is 8.62. The Morgan fingerprint density at radius 1 is 0.938 bits per heavy atom. The Morgan fingerprint density at radius 2 is 1.56 bits per heavy atom. The second kappa shape index (κ2) is 29.4. The van der Waals surface area contributed by atoms with E-state index in [-0.39, 0.29) is 0 Å². The Kier molecular flexibility index (Phi) is 32.2. The molecular weight excluding hydrogens is 390 g/mol. The molecule has 188 valence electrons. The van der Waals surface area contributed by atoms with E-state index in [1.54, 1.807) is 0 Å². The van der Waals surface area contributed by atoms with Crippen molar-refractivity contribution in [1.82, 2.24) is 5.32 Å². The lowest BCUT2D eigenvalue weighted by Crippen LogP contribution is -2.32. The molecule has 3 heteroatoms. The van der Waals surface area contributed by atoms with Crippen LogP contribution >= 0.6 is 0 Å². The van der Waals surface area contributed by atoms with E-state index < -0.39 is 0 Å². The van der Waals surface area contributed by atoms with Gasteiger partial charge in [0.1, 0.15) is 0 Å². The lowest BCUT2D eigenvalue weighted by atomic mass is 9.92. The molecule has 32 heavy (non-hydrogen) atoms. The van der Waals surface area contributed by atoms with Crippen LogP contribution in [0.4, 0.5) is 5.69 Å². The van der Waals surface area contributed by atoms with E-state index in [2.05, 4.69) is 88.1 Å². The van der Waals surface area contributed by atoms with E-state index in [1.807, 2.05) is 7.05 Å². The number of hydrogen-bond donors (Lipinski definition) is 3. The van der Waals surface area contributed by atoms with E-state index in [0.717, 1.165) is 12.5 Å². The predicted molar refractivity (Wildman–Crippen MR) is 151 cm³/mol. The van der Waals surface area contributed by atoms with Crippen LogP contribution in [-0.2, 0) is 6.42 Å². The van der Waals surface area contributed by atoms with Gasteiger partial charge >= 0.3 is 0 Å². The van der Waals surface area contributed by atoms with Crippen molar-refractivity contribution in [3.63, 3.8) is 0 Å². The Hall–Kier alpha value is -1.58. The highest BCUT2D eigenvalue weighted by Gasteiger charge is 2.14. The lowest BCUT2D eigenvalue weighted by Gasteiger charge is -2.24. The summed E-state index contributed by atoms with van der Waals surface area (Å²) in [5.74, 6) is 0. The molecule has 0 bridgehead atoms. The van der Waals surface area contributed by atoms with Crippen LogP contribution in [0.5, 0.6) is 0 Å². The number of nitrogens with two attached hydrogens (primary N) is 1. The largest absolute Gasteiger partial charge is 0.388 e. The minimum absolute atomic E-state index is 0.734. The standard InChI is InChI=1S/C12H23N.C10H15N.C4H10.C2H4.CH5N/c1-3-4-5-9-13-12-8-6-7-11(2)10-12;1-3-6-9-7-4-5-8-10(9)11-2;1-3-4-2;2*1-2/h12-13H,2-10H2,1H3;4-5,7-8,11H,3,6H2,1-2H3;3-4H2,1-2H3;1-2H2;2H2,1H3. The third kappa shape index (κ3) is 21.6. The monoisotopic (exact) mass is 447 g/mol. The zero-order valence-electron chi connectivity index (χ0n) is 22.6. The normalized spacial score (nSPS) is 14.1. The molecule has 1 saturated carbocycles. The minimum Gasteiger partial charge on any atom is -0.388 e. The molecule has 1 fully saturated rings. The zero-order valence-corrected chi connectivity index (χ0v) is 22.6. The molecule has 0 heterocycles.